The SMILES string of the molecule is CCCn1ncnc1CC(=O)C1CNCCO1. The molecule has 1 N–H and O–H groups in total. The van der Waals surface area contributed by atoms with E-state index in [0.717, 1.165) is 25.3 Å². The molecule has 1 aromatic rings. The van der Waals surface area contributed by atoms with Crippen LogP contribution in [0.3, 0.4) is 0 Å². The van der Waals surface area contributed by atoms with Gasteiger partial charge in [-0.15, -0.1) is 0 Å². The largest absolute Gasteiger partial charge is 0.368 e. The van der Waals surface area contributed by atoms with E-state index in [9.17, 15) is 4.79 Å². The number of nitrogens with zero attached hydrogens (tertiary/aromatic N) is 3. The van der Waals surface area contributed by atoms with Gasteiger partial charge in [0.1, 0.15) is 18.3 Å². The Morgan fingerprint density at radius 2 is 2.59 bits per heavy atom. The zero-order chi connectivity index (χ0) is 12.1. The number of ether oxygens (including phenoxy) is 1. The monoisotopic (exact) mass is 238 g/mol. The summed E-state index contributed by atoms with van der Waals surface area (Å²) in [6.45, 7) is 4.88. The molecular formula is C11H18N4O2. The van der Waals surface area contributed by atoms with Crippen molar-refractivity contribution in [1.82, 2.24) is 20.1 Å². The zero-order valence-corrected chi connectivity index (χ0v) is 10.1. The smallest absolute Gasteiger partial charge is 0.170 e. The highest BCUT2D eigenvalue weighted by Gasteiger charge is 2.23. The molecule has 0 radical (unpaired) electrons. The van der Waals surface area contributed by atoms with Crippen LogP contribution in [0.2, 0.25) is 0 Å². The van der Waals surface area contributed by atoms with Crippen LogP contribution >= 0.6 is 0 Å². The van der Waals surface area contributed by atoms with Gasteiger partial charge in [0.25, 0.3) is 0 Å². The van der Waals surface area contributed by atoms with Gasteiger partial charge in [0, 0.05) is 19.6 Å². The highest BCUT2D eigenvalue weighted by molar-refractivity contribution is 5.84. The molecule has 0 aromatic carbocycles. The summed E-state index contributed by atoms with van der Waals surface area (Å²) in [6.07, 6.45) is 2.44. The van der Waals surface area contributed by atoms with Gasteiger partial charge in [-0.1, -0.05) is 6.92 Å². The van der Waals surface area contributed by atoms with Crippen LogP contribution in [0.15, 0.2) is 6.33 Å². The highest BCUT2D eigenvalue weighted by Crippen LogP contribution is 2.04. The Kier molecular flexibility index (Phi) is 4.22. The van der Waals surface area contributed by atoms with Crippen molar-refractivity contribution in [3.8, 4) is 0 Å². The van der Waals surface area contributed by atoms with Gasteiger partial charge < -0.3 is 10.1 Å². The first-order valence-electron chi connectivity index (χ1n) is 6.03. The molecule has 6 nitrogen and oxygen atoms in total. The van der Waals surface area contributed by atoms with Crippen LogP contribution in [0.25, 0.3) is 0 Å². The fourth-order valence-corrected chi connectivity index (χ4v) is 1.87. The molecule has 1 aromatic heterocycles. The summed E-state index contributed by atoms with van der Waals surface area (Å²) in [6, 6.07) is 0. The molecule has 2 heterocycles. The van der Waals surface area contributed by atoms with Gasteiger partial charge in [-0.2, -0.15) is 5.10 Å². The Balaban J connectivity index is 1.94. The lowest BCUT2D eigenvalue weighted by molar-refractivity contribution is -0.131. The van der Waals surface area contributed by atoms with Crippen molar-refractivity contribution in [2.24, 2.45) is 0 Å². The number of nitrogens with one attached hydrogen (secondary N) is 1. The van der Waals surface area contributed by atoms with Gasteiger partial charge in [0.2, 0.25) is 0 Å². The summed E-state index contributed by atoms with van der Waals surface area (Å²) in [5, 5.41) is 7.25. The van der Waals surface area contributed by atoms with Crippen molar-refractivity contribution >= 4 is 5.78 Å². The maximum atomic E-state index is 12.0. The van der Waals surface area contributed by atoms with Crippen LogP contribution in [-0.4, -0.2) is 46.3 Å². The molecule has 94 valence electrons. The van der Waals surface area contributed by atoms with E-state index in [0.29, 0.717) is 19.6 Å². The summed E-state index contributed by atoms with van der Waals surface area (Å²) in [4.78, 5) is 16.1. The Morgan fingerprint density at radius 1 is 1.71 bits per heavy atom. The van der Waals surface area contributed by atoms with E-state index in [2.05, 4.69) is 22.3 Å². The van der Waals surface area contributed by atoms with Crippen LogP contribution in [0, 0.1) is 0 Å². The Bertz CT molecular complexity index is 371. The number of Topliss-reactive ketones (excluding diaryl/α,β-unsaturated/α-hetero) is 1. The quantitative estimate of drug-likeness (QED) is 0.768. The average Bonchev–Trinajstić information content (AvgIpc) is 2.78. The van der Waals surface area contributed by atoms with Crippen LogP contribution in [0.4, 0.5) is 0 Å². The zero-order valence-electron chi connectivity index (χ0n) is 10.1. The summed E-state index contributed by atoms with van der Waals surface area (Å²) < 4.78 is 7.20. The maximum Gasteiger partial charge on any atom is 0.170 e. The second kappa shape index (κ2) is 5.88. The summed E-state index contributed by atoms with van der Waals surface area (Å²) in [5.74, 6) is 0.800. The van der Waals surface area contributed by atoms with E-state index < -0.39 is 0 Å². The molecule has 0 bridgehead atoms. The van der Waals surface area contributed by atoms with Gasteiger partial charge in [-0.05, 0) is 6.42 Å². The van der Waals surface area contributed by atoms with E-state index in [1.165, 1.54) is 6.33 Å². The number of aryl methyl sites for hydroxylation is 1. The normalized spacial score (nSPS) is 20.4. The van der Waals surface area contributed by atoms with E-state index in [1.54, 1.807) is 4.68 Å². The fourth-order valence-electron chi connectivity index (χ4n) is 1.87. The summed E-state index contributed by atoms with van der Waals surface area (Å²) in [5.41, 5.74) is 0. The second-order valence-electron chi connectivity index (χ2n) is 4.11. The molecule has 0 amide bonds. The number of morpholine rings is 1. The molecule has 17 heavy (non-hydrogen) atoms. The fraction of sp³-hybridized carbons (Fsp3) is 0.727. The predicted octanol–water partition coefficient (Wildman–Crippen LogP) is -0.212. The van der Waals surface area contributed by atoms with E-state index in [-0.39, 0.29) is 11.9 Å². The molecule has 2 rings (SSSR count). The van der Waals surface area contributed by atoms with Gasteiger partial charge >= 0.3 is 0 Å². The molecule has 1 aliphatic heterocycles. The maximum absolute atomic E-state index is 12.0. The topological polar surface area (TPSA) is 69.0 Å². The van der Waals surface area contributed by atoms with Crippen molar-refractivity contribution in [3.63, 3.8) is 0 Å². The van der Waals surface area contributed by atoms with Crippen LogP contribution in [0.5, 0.6) is 0 Å². The standard InChI is InChI=1S/C11H18N4O2/c1-2-4-15-11(13-8-14-15)6-9(16)10-7-12-3-5-17-10/h8,10,12H,2-7H2,1H3. The molecule has 1 saturated heterocycles. The minimum Gasteiger partial charge on any atom is -0.368 e. The molecule has 1 fully saturated rings. The van der Waals surface area contributed by atoms with Crippen molar-refractivity contribution in [2.45, 2.75) is 32.4 Å². The third-order valence-corrected chi connectivity index (χ3v) is 2.75. The Hall–Kier alpha value is -1.27. The third-order valence-electron chi connectivity index (χ3n) is 2.75. The minimum atomic E-state index is -0.337. The lowest BCUT2D eigenvalue weighted by Gasteiger charge is -2.22. The van der Waals surface area contributed by atoms with Gasteiger partial charge in [0.15, 0.2) is 5.78 Å². The van der Waals surface area contributed by atoms with Crippen LogP contribution in [0.1, 0.15) is 19.2 Å². The summed E-state index contributed by atoms with van der Waals surface area (Å²) >= 11 is 0. The molecule has 0 spiro atoms. The molecule has 6 heteroatoms. The number of aromatic nitrogens is 3. The molecule has 0 aliphatic carbocycles. The first-order chi connectivity index (χ1) is 8.31. The molecule has 1 atom stereocenters. The van der Waals surface area contributed by atoms with E-state index >= 15 is 0 Å². The molecular weight excluding hydrogens is 220 g/mol. The van der Waals surface area contributed by atoms with Crippen molar-refractivity contribution in [1.29, 1.82) is 0 Å². The molecule has 1 aliphatic rings. The van der Waals surface area contributed by atoms with Crippen LogP contribution < -0.4 is 5.32 Å². The Labute approximate surface area is 100 Å². The first kappa shape index (κ1) is 12.2. The number of ketones is 1. The number of hydrogen-bond acceptors (Lipinski definition) is 5. The second-order valence-corrected chi connectivity index (χ2v) is 4.11. The van der Waals surface area contributed by atoms with Crippen LogP contribution in [-0.2, 0) is 22.5 Å². The number of carbonyl (C=O) groups excluding carboxylic acids is 1. The third kappa shape index (κ3) is 3.10. The lowest BCUT2D eigenvalue weighted by Crippen LogP contribution is -2.43. The Morgan fingerprint density at radius 3 is 3.29 bits per heavy atom. The van der Waals surface area contributed by atoms with Gasteiger partial charge in [0.05, 0.1) is 13.0 Å². The molecule has 0 saturated carbocycles. The highest BCUT2D eigenvalue weighted by atomic mass is 16.5. The number of hydrogen-bond donors (Lipinski definition) is 1. The van der Waals surface area contributed by atoms with Gasteiger partial charge in [-0.3, -0.25) is 4.79 Å². The van der Waals surface area contributed by atoms with E-state index in [1.807, 2.05) is 0 Å². The van der Waals surface area contributed by atoms with Crippen molar-refractivity contribution in [2.75, 3.05) is 19.7 Å². The minimum absolute atomic E-state index is 0.0718. The number of rotatable bonds is 5. The summed E-state index contributed by atoms with van der Waals surface area (Å²) in [7, 11) is 0. The number of carbonyl (C=O) groups is 1. The van der Waals surface area contributed by atoms with Crippen molar-refractivity contribution in [3.05, 3.63) is 12.2 Å². The molecule has 1 unspecified atom stereocenters. The predicted molar refractivity (Wildman–Crippen MR) is 61.6 cm³/mol. The van der Waals surface area contributed by atoms with Crippen molar-refractivity contribution < 1.29 is 9.53 Å². The lowest BCUT2D eigenvalue weighted by atomic mass is 10.1. The first-order valence-corrected chi connectivity index (χ1v) is 6.03. The average molecular weight is 238 g/mol. The van der Waals surface area contributed by atoms with E-state index in [4.69, 9.17) is 4.74 Å². The van der Waals surface area contributed by atoms with Gasteiger partial charge in [-0.25, -0.2) is 9.67 Å².